The molecule has 3 N–H and O–H groups in total. The van der Waals surface area contributed by atoms with Gasteiger partial charge in [-0.15, -0.1) is 0 Å². The van der Waals surface area contributed by atoms with E-state index in [0.717, 1.165) is 32.2 Å². The Kier molecular flexibility index (Phi) is 2.69. The smallest absolute Gasteiger partial charge is 0.236 e. The highest BCUT2D eigenvalue weighted by Gasteiger charge is 2.56. The maximum absolute atomic E-state index is 12.4. The second kappa shape index (κ2) is 4.12. The highest BCUT2D eigenvalue weighted by molar-refractivity contribution is 6.09. The molecule has 3 aliphatic rings. The minimum Gasteiger partial charge on any atom is -0.409 e. The molecule has 0 aromatic heterocycles. The topological polar surface area (TPSA) is 82.2 Å². The molecule has 100 valence electrons. The van der Waals surface area contributed by atoms with Crippen molar-refractivity contribution >= 4 is 11.7 Å². The maximum Gasteiger partial charge on any atom is 0.236 e. The van der Waals surface area contributed by atoms with Crippen molar-refractivity contribution in [1.82, 2.24) is 9.80 Å². The summed E-state index contributed by atoms with van der Waals surface area (Å²) in [5, 5.41) is 11.8. The standard InChI is InChI=1S/C12H20N4O2/c13-10(14-18)12(3-4-12)11(17)16-7-5-15(6-8-16)9-1-2-9/h9,18H,1-8H2,(H2,13,14). The lowest BCUT2D eigenvalue weighted by molar-refractivity contribution is -0.136. The van der Waals surface area contributed by atoms with Crippen molar-refractivity contribution in [1.29, 1.82) is 0 Å². The van der Waals surface area contributed by atoms with E-state index in [4.69, 9.17) is 10.9 Å². The number of oxime groups is 1. The molecule has 1 amide bonds. The molecule has 1 heterocycles. The summed E-state index contributed by atoms with van der Waals surface area (Å²) < 4.78 is 0. The van der Waals surface area contributed by atoms with Crippen molar-refractivity contribution in [3.63, 3.8) is 0 Å². The lowest BCUT2D eigenvalue weighted by Crippen LogP contribution is -2.53. The number of nitrogens with two attached hydrogens (primary N) is 1. The molecule has 3 rings (SSSR count). The average Bonchev–Trinajstić information content (AvgIpc) is 3.30. The van der Waals surface area contributed by atoms with Crippen molar-refractivity contribution in [3.8, 4) is 0 Å². The van der Waals surface area contributed by atoms with E-state index in [0.29, 0.717) is 12.8 Å². The lowest BCUT2D eigenvalue weighted by Gasteiger charge is -2.36. The fraction of sp³-hybridized carbons (Fsp3) is 0.833. The van der Waals surface area contributed by atoms with Gasteiger partial charge in [0, 0.05) is 32.2 Å². The Morgan fingerprint density at radius 3 is 2.28 bits per heavy atom. The third kappa shape index (κ3) is 1.84. The lowest BCUT2D eigenvalue weighted by atomic mass is 10.0. The van der Waals surface area contributed by atoms with E-state index in [-0.39, 0.29) is 11.7 Å². The summed E-state index contributed by atoms with van der Waals surface area (Å²) in [5.74, 6) is 0.130. The summed E-state index contributed by atoms with van der Waals surface area (Å²) in [7, 11) is 0. The first-order valence-electron chi connectivity index (χ1n) is 6.69. The van der Waals surface area contributed by atoms with Crippen LogP contribution < -0.4 is 5.73 Å². The number of hydrogen-bond donors (Lipinski definition) is 2. The van der Waals surface area contributed by atoms with Crippen molar-refractivity contribution in [2.45, 2.75) is 31.7 Å². The van der Waals surface area contributed by atoms with Crippen LogP contribution >= 0.6 is 0 Å². The van der Waals surface area contributed by atoms with E-state index in [9.17, 15) is 4.79 Å². The molecule has 0 unspecified atom stereocenters. The fourth-order valence-electron chi connectivity index (χ4n) is 2.83. The number of nitrogens with zero attached hydrogens (tertiary/aromatic N) is 3. The van der Waals surface area contributed by atoms with Crippen molar-refractivity contribution in [3.05, 3.63) is 0 Å². The number of rotatable bonds is 3. The fourth-order valence-corrected chi connectivity index (χ4v) is 2.83. The molecule has 0 aromatic carbocycles. The molecule has 6 heteroatoms. The summed E-state index contributed by atoms with van der Waals surface area (Å²) in [6, 6.07) is 0.765. The Bertz CT molecular complexity index is 380. The number of carbonyl (C=O) groups excluding carboxylic acids is 1. The van der Waals surface area contributed by atoms with Crippen LogP contribution in [0, 0.1) is 5.41 Å². The summed E-state index contributed by atoms with van der Waals surface area (Å²) in [6.07, 6.45) is 4.04. The predicted octanol–water partition coefficient (Wildman–Crippen LogP) is -0.180. The zero-order valence-corrected chi connectivity index (χ0v) is 10.5. The number of amidine groups is 1. The molecule has 0 radical (unpaired) electrons. The Morgan fingerprint density at radius 1 is 1.22 bits per heavy atom. The first-order chi connectivity index (χ1) is 8.67. The molecule has 1 aliphatic heterocycles. The Hall–Kier alpha value is -1.30. The summed E-state index contributed by atoms with van der Waals surface area (Å²) in [5.41, 5.74) is 4.96. The highest BCUT2D eigenvalue weighted by atomic mass is 16.4. The van der Waals surface area contributed by atoms with Crippen LogP contribution in [0.3, 0.4) is 0 Å². The number of amides is 1. The quantitative estimate of drug-likeness (QED) is 0.316. The van der Waals surface area contributed by atoms with Crippen LogP contribution in [-0.4, -0.2) is 59.0 Å². The Morgan fingerprint density at radius 2 is 1.83 bits per heavy atom. The van der Waals surface area contributed by atoms with Gasteiger partial charge in [-0.3, -0.25) is 9.69 Å². The highest BCUT2D eigenvalue weighted by Crippen LogP contribution is 2.47. The van der Waals surface area contributed by atoms with E-state index in [1.807, 2.05) is 4.90 Å². The van der Waals surface area contributed by atoms with Crippen LogP contribution in [0.5, 0.6) is 0 Å². The molecule has 0 atom stereocenters. The van der Waals surface area contributed by atoms with Gasteiger partial charge in [-0.2, -0.15) is 0 Å². The van der Waals surface area contributed by atoms with E-state index < -0.39 is 5.41 Å². The predicted molar refractivity (Wildman–Crippen MR) is 66.3 cm³/mol. The van der Waals surface area contributed by atoms with Gasteiger partial charge in [0.05, 0.1) is 0 Å². The molecular weight excluding hydrogens is 232 g/mol. The van der Waals surface area contributed by atoms with E-state index in [2.05, 4.69) is 10.1 Å². The Labute approximate surface area is 106 Å². The molecule has 0 aromatic rings. The van der Waals surface area contributed by atoms with Gasteiger partial charge >= 0.3 is 0 Å². The first-order valence-corrected chi connectivity index (χ1v) is 6.69. The van der Waals surface area contributed by atoms with Crippen LogP contribution in [0.4, 0.5) is 0 Å². The second-order valence-electron chi connectivity index (χ2n) is 5.63. The molecule has 1 saturated heterocycles. The van der Waals surface area contributed by atoms with Gasteiger partial charge in [-0.25, -0.2) is 0 Å². The van der Waals surface area contributed by atoms with Gasteiger partial charge in [0.2, 0.25) is 5.91 Å². The minimum atomic E-state index is -0.684. The van der Waals surface area contributed by atoms with Gasteiger partial charge in [-0.1, -0.05) is 5.16 Å². The summed E-state index contributed by atoms with van der Waals surface area (Å²) >= 11 is 0. The van der Waals surface area contributed by atoms with Crippen molar-refractivity contribution < 1.29 is 10.0 Å². The summed E-state index contributed by atoms with van der Waals surface area (Å²) in [4.78, 5) is 16.8. The Balaban J connectivity index is 1.60. The zero-order chi connectivity index (χ0) is 12.8. The van der Waals surface area contributed by atoms with Crippen molar-refractivity contribution in [2.75, 3.05) is 26.2 Å². The normalized spacial score (nSPS) is 28.2. The van der Waals surface area contributed by atoms with E-state index in [1.165, 1.54) is 12.8 Å². The van der Waals surface area contributed by atoms with Crippen molar-refractivity contribution in [2.24, 2.45) is 16.3 Å². The molecule has 0 bridgehead atoms. The number of carbonyl (C=O) groups is 1. The number of hydrogen-bond acceptors (Lipinski definition) is 4. The van der Waals surface area contributed by atoms with Crippen LogP contribution in [0.2, 0.25) is 0 Å². The number of piperazine rings is 1. The zero-order valence-electron chi connectivity index (χ0n) is 10.5. The third-order valence-corrected chi connectivity index (χ3v) is 4.42. The van der Waals surface area contributed by atoms with Crippen LogP contribution in [0.1, 0.15) is 25.7 Å². The maximum atomic E-state index is 12.4. The molecular formula is C12H20N4O2. The van der Waals surface area contributed by atoms with Crippen LogP contribution in [0.15, 0.2) is 5.16 Å². The molecule has 0 spiro atoms. The van der Waals surface area contributed by atoms with Crippen LogP contribution in [-0.2, 0) is 4.79 Å². The average molecular weight is 252 g/mol. The van der Waals surface area contributed by atoms with Gasteiger partial charge < -0.3 is 15.8 Å². The molecule has 18 heavy (non-hydrogen) atoms. The van der Waals surface area contributed by atoms with Gasteiger partial charge in [0.25, 0.3) is 0 Å². The SMILES string of the molecule is NC(=NO)C1(C(=O)N2CCN(C3CC3)CC2)CC1. The second-order valence-corrected chi connectivity index (χ2v) is 5.63. The summed E-state index contributed by atoms with van der Waals surface area (Å²) in [6.45, 7) is 3.47. The molecule has 3 fully saturated rings. The largest absolute Gasteiger partial charge is 0.409 e. The first kappa shape index (κ1) is 11.8. The van der Waals surface area contributed by atoms with Gasteiger partial charge in [0.15, 0.2) is 5.84 Å². The molecule has 2 aliphatic carbocycles. The van der Waals surface area contributed by atoms with Gasteiger partial charge in [0.1, 0.15) is 5.41 Å². The van der Waals surface area contributed by atoms with Crippen LogP contribution in [0.25, 0.3) is 0 Å². The van der Waals surface area contributed by atoms with E-state index in [1.54, 1.807) is 0 Å². The minimum absolute atomic E-state index is 0.0493. The van der Waals surface area contributed by atoms with E-state index >= 15 is 0 Å². The monoisotopic (exact) mass is 252 g/mol. The third-order valence-electron chi connectivity index (χ3n) is 4.42. The van der Waals surface area contributed by atoms with Gasteiger partial charge in [-0.05, 0) is 25.7 Å². The molecule has 6 nitrogen and oxygen atoms in total. The molecule has 2 saturated carbocycles.